The molecule has 0 heterocycles. The molecule has 0 fully saturated rings. The second-order valence-corrected chi connectivity index (χ2v) is 0.919. The van der Waals surface area contributed by atoms with Crippen molar-refractivity contribution >= 4 is 0 Å². The van der Waals surface area contributed by atoms with Crippen LogP contribution in [0.2, 0.25) is 0 Å². The molecule has 0 rings (SSSR count). The van der Waals surface area contributed by atoms with Gasteiger partial charge in [0.2, 0.25) is 0 Å². The molecule has 1 nitrogen and oxygen atoms in total. The molecule has 0 aliphatic carbocycles. The van der Waals surface area contributed by atoms with E-state index in [2.05, 4.69) is 18.5 Å². The molecule has 7 heavy (non-hydrogen) atoms. The van der Waals surface area contributed by atoms with E-state index in [4.69, 9.17) is 2.74 Å². The molecule has 0 aliphatic rings. The van der Waals surface area contributed by atoms with Gasteiger partial charge < -0.3 is 0 Å². The minimum Gasteiger partial charge on any atom is -0.234 e. The van der Waals surface area contributed by atoms with Crippen LogP contribution in [0.1, 0.15) is 2.74 Å². The van der Waals surface area contributed by atoms with E-state index in [1.807, 2.05) is 0 Å². The lowest BCUT2D eigenvalue weighted by atomic mass is 10.5. The van der Waals surface area contributed by atoms with Gasteiger partial charge in [-0.25, -0.2) is 5.32 Å². The first-order valence-corrected chi connectivity index (χ1v) is 2.00. The molecule has 0 aromatic carbocycles. The third kappa shape index (κ3) is 5.44. The molecule has 0 bridgehead atoms. The molecule has 0 aliphatic heterocycles. The van der Waals surface area contributed by atoms with Crippen LogP contribution in [0.4, 0.5) is 0 Å². The van der Waals surface area contributed by atoms with Crippen LogP contribution in [0, 0.1) is 0 Å². The minimum absolute atomic E-state index is 0.689. The fourth-order valence-corrected chi connectivity index (χ4v) is 0.171. The van der Waals surface area contributed by atoms with E-state index < -0.39 is 13.0 Å². The summed E-state index contributed by atoms with van der Waals surface area (Å²) in [6.45, 7) is 5.32. The van der Waals surface area contributed by atoms with Crippen molar-refractivity contribution in [2.24, 2.45) is 0 Å². The van der Waals surface area contributed by atoms with Crippen LogP contribution in [0.15, 0.2) is 25.3 Å². The van der Waals surface area contributed by atoms with Crippen molar-refractivity contribution in [3.05, 3.63) is 25.3 Å². The van der Waals surface area contributed by atoms with E-state index in [1.165, 1.54) is 12.2 Å². The van der Waals surface area contributed by atoms with E-state index in [0.29, 0.717) is 0 Å². The van der Waals surface area contributed by atoms with Crippen molar-refractivity contribution < 1.29 is 2.74 Å². The molecule has 0 aromatic heterocycles. The molecule has 1 heteroatoms. The first kappa shape index (κ1) is 3.44. The second kappa shape index (κ2) is 5.44. The highest BCUT2D eigenvalue weighted by Gasteiger charge is 1.72. The van der Waals surface area contributed by atoms with Crippen molar-refractivity contribution in [2.45, 2.75) is 0 Å². The Morgan fingerprint density at radius 3 is 2.14 bits per heavy atom. The Balaban J connectivity index is 3.45. The van der Waals surface area contributed by atoms with Gasteiger partial charge in [0.25, 0.3) is 0 Å². The van der Waals surface area contributed by atoms with Gasteiger partial charge in [-0.15, -0.1) is 13.2 Å². The van der Waals surface area contributed by atoms with Gasteiger partial charge in [-0.05, 0) is 0 Å². The Hall–Kier alpha value is -0.560. The highest BCUT2D eigenvalue weighted by molar-refractivity contribution is 4.74. The van der Waals surface area contributed by atoms with Crippen molar-refractivity contribution in [3.63, 3.8) is 0 Å². The maximum atomic E-state index is 7.00. The van der Waals surface area contributed by atoms with Gasteiger partial charge in [0, 0.05) is 15.8 Å². The zero-order valence-corrected chi connectivity index (χ0v) is 4.17. The largest absolute Gasteiger partial charge is 0.234 e. The van der Waals surface area contributed by atoms with Crippen LogP contribution in [-0.2, 0) is 0 Å². The molecule has 0 spiro atoms. The zero-order chi connectivity index (χ0) is 7.28. The highest BCUT2D eigenvalue weighted by Crippen LogP contribution is 1.63. The Bertz CT molecular complexity index is 91.2. The van der Waals surface area contributed by atoms with E-state index in [-0.39, 0.29) is 0 Å². The predicted octanol–water partition coefficient (Wildman–Crippen LogP) is 0.963. The maximum absolute atomic E-state index is 7.00. The van der Waals surface area contributed by atoms with Gasteiger partial charge >= 0.3 is 0 Å². The van der Waals surface area contributed by atoms with E-state index in [0.717, 1.165) is 0 Å². The molecular weight excluding hydrogens is 86.1 g/mol. The SMILES string of the molecule is [2H]C(C=C)[N]C([2H])C=C. The van der Waals surface area contributed by atoms with Crippen molar-refractivity contribution in [3.8, 4) is 0 Å². The van der Waals surface area contributed by atoms with Crippen LogP contribution in [0.25, 0.3) is 0 Å². The Labute approximate surface area is 47.5 Å². The van der Waals surface area contributed by atoms with Crippen LogP contribution >= 0.6 is 0 Å². The molecule has 39 valence electrons. The lowest BCUT2D eigenvalue weighted by molar-refractivity contribution is 0.826. The molecule has 2 atom stereocenters. The van der Waals surface area contributed by atoms with Crippen LogP contribution < -0.4 is 5.32 Å². The fourth-order valence-electron chi connectivity index (χ4n) is 0.171. The lowest BCUT2D eigenvalue weighted by Gasteiger charge is -1.86. The monoisotopic (exact) mass is 98.1 g/mol. The Morgan fingerprint density at radius 1 is 1.43 bits per heavy atom. The van der Waals surface area contributed by atoms with E-state index in [9.17, 15) is 0 Å². The highest BCUT2D eigenvalue weighted by atomic mass is 14.8. The molecule has 0 saturated carbocycles. The van der Waals surface area contributed by atoms with Gasteiger partial charge in [0.05, 0.1) is 0 Å². The van der Waals surface area contributed by atoms with Crippen molar-refractivity contribution in [2.75, 3.05) is 13.0 Å². The number of rotatable bonds is 4. The molecule has 2 unspecified atom stereocenters. The summed E-state index contributed by atoms with van der Waals surface area (Å²) in [6, 6.07) is 0. The van der Waals surface area contributed by atoms with Crippen molar-refractivity contribution in [1.82, 2.24) is 5.32 Å². The molecule has 0 N–H and O–H groups in total. The Morgan fingerprint density at radius 2 is 1.86 bits per heavy atom. The quantitative estimate of drug-likeness (QED) is 0.465. The number of nitrogens with zero attached hydrogens (tertiary/aromatic N) is 1. The normalized spacial score (nSPS) is 21.1. The third-order valence-corrected chi connectivity index (χ3v) is 0.383. The first-order valence-electron chi connectivity index (χ1n) is 3.15. The van der Waals surface area contributed by atoms with Gasteiger partial charge in [-0.2, -0.15) is 0 Å². The van der Waals surface area contributed by atoms with Crippen LogP contribution in [0.5, 0.6) is 0 Å². The van der Waals surface area contributed by atoms with E-state index >= 15 is 0 Å². The second-order valence-electron chi connectivity index (χ2n) is 0.919. The first-order chi connectivity index (χ1) is 4.20. The summed E-state index contributed by atoms with van der Waals surface area (Å²) in [5.41, 5.74) is 0. The molecular formula is C6H10N. The molecule has 1 radical (unpaired) electrons. The fraction of sp³-hybridized carbons (Fsp3) is 0.333. The average molecular weight is 98.2 g/mol. The summed E-state index contributed by atoms with van der Waals surface area (Å²) in [5, 5.41) is 3.61. The van der Waals surface area contributed by atoms with Gasteiger partial charge in [-0.1, -0.05) is 12.2 Å². The molecule has 0 amide bonds. The van der Waals surface area contributed by atoms with Crippen molar-refractivity contribution in [1.29, 1.82) is 0 Å². The zero-order valence-electron chi connectivity index (χ0n) is 6.17. The molecule has 0 aromatic rings. The van der Waals surface area contributed by atoms with Gasteiger partial charge in [-0.3, -0.25) is 0 Å². The summed E-state index contributed by atoms with van der Waals surface area (Å²) >= 11 is 0. The average Bonchev–Trinajstić information content (AvgIpc) is 1.87. The smallest absolute Gasteiger partial charge is 0.0490 e. The maximum Gasteiger partial charge on any atom is 0.0490 e. The topological polar surface area (TPSA) is 14.1 Å². The number of hydrogen-bond acceptors (Lipinski definition) is 0. The van der Waals surface area contributed by atoms with E-state index in [1.54, 1.807) is 0 Å². The molecule has 0 saturated heterocycles. The minimum atomic E-state index is -0.689. The lowest BCUT2D eigenvalue weighted by Crippen LogP contribution is -2.02. The predicted molar refractivity (Wildman–Crippen MR) is 32.3 cm³/mol. The summed E-state index contributed by atoms with van der Waals surface area (Å²) in [4.78, 5) is 0. The Kier molecular flexibility index (Phi) is 2.68. The van der Waals surface area contributed by atoms with Gasteiger partial charge in [0.1, 0.15) is 0 Å². The summed E-state index contributed by atoms with van der Waals surface area (Å²) < 4.78 is 14.0. The van der Waals surface area contributed by atoms with Crippen LogP contribution in [0.3, 0.4) is 0 Å². The number of hydrogen-bond donors (Lipinski definition) is 0. The summed E-state index contributed by atoms with van der Waals surface area (Å²) in [7, 11) is 0. The van der Waals surface area contributed by atoms with Crippen LogP contribution in [-0.4, -0.2) is 13.0 Å². The van der Waals surface area contributed by atoms with Gasteiger partial charge in [0.15, 0.2) is 0 Å². The third-order valence-electron chi connectivity index (χ3n) is 0.383. The summed E-state index contributed by atoms with van der Waals surface area (Å²) in [6.07, 6.45) is 2.73. The standard InChI is InChI=1S/C6H10N/c1-3-5-7-6-4-2/h3-4H,1-2,5-6H2/i5D,6D. The summed E-state index contributed by atoms with van der Waals surface area (Å²) in [5.74, 6) is 0.